The van der Waals surface area contributed by atoms with Gasteiger partial charge in [0.15, 0.2) is 0 Å². The summed E-state index contributed by atoms with van der Waals surface area (Å²) >= 11 is 3.37. The predicted molar refractivity (Wildman–Crippen MR) is 73.0 cm³/mol. The van der Waals surface area contributed by atoms with Crippen molar-refractivity contribution in [2.24, 2.45) is 0 Å². The molecule has 0 aliphatic carbocycles. The number of halogens is 1. The molecular weight excluding hydrogens is 280 g/mol. The second-order valence-electron chi connectivity index (χ2n) is 4.42. The Balaban J connectivity index is 1.93. The van der Waals surface area contributed by atoms with Crippen LogP contribution in [-0.4, -0.2) is 29.9 Å². The van der Waals surface area contributed by atoms with Crippen LogP contribution in [0.1, 0.15) is 19.8 Å². The lowest BCUT2D eigenvalue weighted by Gasteiger charge is -2.22. The Morgan fingerprint density at radius 1 is 1.29 bits per heavy atom. The van der Waals surface area contributed by atoms with E-state index in [2.05, 4.69) is 26.1 Å². The topological polar surface area (TPSA) is 32.3 Å². The first-order chi connectivity index (χ1) is 8.16. The Morgan fingerprint density at radius 3 is 2.47 bits per heavy atom. The first-order valence-corrected chi connectivity index (χ1v) is 6.76. The second-order valence-corrected chi connectivity index (χ2v) is 5.33. The summed E-state index contributed by atoms with van der Waals surface area (Å²) in [5.41, 5.74) is 0.851. The van der Waals surface area contributed by atoms with Crippen LogP contribution in [0.4, 0.5) is 5.69 Å². The molecule has 3 nitrogen and oxygen atoms in total. The average molecular weight is 297 g/mol. The van der Waals surface area contributed by atoms with Crippen LogP contribution >= 0.6 is 15.9 Å². The molecule has 1 fully saturated rings. The number of amides is 1. The SMILES string of the molecule is CC(C(=O)Nc1ccc(Br)cc1)N1CCCC1. The number of benzene rings is 1. The maximum absolute atomic E-state index is 12.0. The molecule has 1 saturated heterocycles. The van der Waals surface area contributed by atoms with E-state index in [1.165, 1.54) is 12.8 Å². The van der Waals surface area contributed by atoms with Gasteiger partial charge in [-0.25, -0.2) is 0 Å². The van der Waals surface area contributed by atoms with E-state index in [1.54, 1.807) is 0 Å². The molecule has 1 atom stereocenters. The Morgan fingerprint density at radius 2 is 1.88 bits per heavy atom. The van der Waals surface area contributed by atoms with Gasteiger partial charge in [-0.1, -0.05) is 15.9 Å². The minimum Gasteiger partial charge on any atom is -0.325 e. The van der Waals surface area contributed by atoms with Gasteiger partial charge in [0, 0.05) is 10.2 Å². The maximum Gasteiger partial charge on any atom is 0.241 e. The van der Waals surface area contributed by atoms with Gasteiger partial charge >= 0.3 is 0 Å². The fourth-order valence-electron chi connectivity index (χ4n) is 2.07. The van der Waals surface area contributed by atoms with Crippen LogP contribution in [0.25, 0.3) is 0 Å². The Kier molecular flexibility index (Phi) is 4.18. The van der Waals surface area contributed by atoms with Crippen molar-refractivity contribution >= 4 is 27.5 Å². The van der Waals surface area contributed by atoms with Crippen LogP contribution < -0.4 is 5.32 Å². The quantitative estimate of drug-likeness (QED) is 0.930. The van der Waals surface area contributed by atoms with Crippen molar-refractivity contribution in [1.29, 1.82) is 0 Å². The highest BCUT2D eigenvalue weighted by atomic mass is 79.9. The van der Waals surface area contributed by atoms with E-state index in [0.717, 1.165) is 23.2 Å². The van der Waals surface area contributed by atoms with Crippen molar-refractivity contribution in [3.63, 3.8) is 0 Å². The van der Waals surface area contributed by atoms with Crippen molar-refractivity contribution in [2.75, 3.05) is 18.4 Å². The van der Waals surface area contributed by atoms with E-state index in [0.29, 0.717) is 0 Å². The summed E-state index contributed by atoms with van der Waals surface area (Å²) < 4.78 is 1.02. The summed E-state index contributed by atoms with van der Waals surface area (Å²) in [5.74, 6) is 0.0780. The standard InChI is InChI=1S/C13H17BrN2O/c1-10(16-8-2-3-9-16)13(17)15-12-6-4-11(14)5-7-12/h4-7,10H,2-3,8-9H2,1H3,(H,15,17). The Labute approximate surface area is 110 Å². The van der Waals surface area contributed by atoms with E-state index < -0.39 is 0 Å². The van der Waals surface area contributed by atoms with Crippen LogP contribution in [0.5, 0.6) is 0 Å². The molecule has 2 rings (SSSR count). The summed E-state index contributed by atoms with van der Waals surface area (Å²) in [6.07, 6.45) is 2.41. The molecule has 1 unspecified atom stereocenters. The fourth-order valence-corrected chi connectivity index (χ4v) is 2.34. The van der Waals surface area contributed by atoms with Gasteiger partial charge < -0.3 is 5.32 Å². The van der Waals surface area contributed by atoms with Gasteiger partial charge in [-0.3, -0.25) is 9.69 Å². The lowest BCUT2D eigenvalue weighted by molar-refractivity contribution is -0.120. The number of carbonyl (C=O) groups excluding carboxylic acids is 1. The number of rotatable bonds is 3. The molecular formula is C13H17BrN2O. The van der Waals surface area contributed by atoms with Crippen LogP contribution in [0.2, 0.25) is 0 Å². The molecule has 1 amide bonds. The summed E-state index contributed by atoms with van der Waals surface area (Å²) in [6.45, 7) is 4.04. The van der Waals surface area contributed by atoms with Crippen molar-refractivity contribution in [3.05, 3.63) is 28.7 Å². The summed E-state index contributed by atoms with van der Waals surface area (Å²) in [6, 6.07) is 7.62. The number of carbonyl (C=O) groups is 1. The van der Waals surface area contributed by atoms with Crippen molar-refractivity contribution in [3.8, 4) is 0 Å². The molecule has 0 saturated carbocycles. The molecule has 0 spiro atoms. The number of nitrogens with one attached hydrogen (secondary N) is 1. The highest BCUT2D eigenvalue weighted by molar-refractivity contribution is 9.10. The van der Waals surface area contributed by atoms with Gasteiger partial charge in [0.05, 0.1) is 6.04 Å². The fraction of sp³-hybridized carbons (Fsp3) is 0.462. The summed E-state index contributed by atoms with van der Waals surface area (Å²) in [7, 11) is 0. The van der Waals surface area contributed by atoms with Crippen LogP contribution in [0, 0.1) is 0 Å². The van der Waals surface area contributed by atoms with Gasteiger partial charge in [0.2, 0.25) is 5.91 Å². The third-order valence-corrected chi connectivity index (χ3v) is 3.71. The normalized spacial score (nSPS) is 18.0. The van der Waals surface area contributed by atoms with E-state index in [1.807, 2.05) is 31.2 Å². The molecule has 4 heteroatoms. The number of hydrogen-bond donors (Lipinski definition) is 1. The molecule has 1 aliphatic heterocycles. The smallest absolute Gasteiger partial charge is 0.241 e. The van der Waals surface area contributed by atoms with Gasteiger partial charge in [-0.15, -0.1) is 0 Å². The molecule has 0 aromatic heterocycles. The lowest BCUT2D eigenvalue weighted by Crippen LogP contribution is -2.40. The van der Waals surface area contributed by atoms with E-state index in [4.69, 9.17) is 0 Å². The van der Waals surface area contributed by atoms with Crippen LogP contribution in [0.15, 0.2) is 28.7 Å². The molecule has 1 aromatic carbocycles. The van der Waals surface area contributed by atoms with Crippen LogP contribution in [0.3, 0.4) is 0 Å². The van der Waals surface area contributed by atoms with Gasteiger partial charge in [-0.05, 0) is 57.1 Å². The van der Waals surface area contributed by atoms with Crippen LogP contribution in [-0.2, 0) is 4.79 Å². The highest BCUT2D eigenvalue weighted by Gasteiger charge is 2.23. The average Bonchev–Trinajstić information content (AvgIpc) is 2.84. The zero-order valence-electron chi connectivity index (χ0n) is 9.95. The Bertz CT molecular complexity index is 385. The van der Waals surface area contributed by atoms with Gasteiger partial charge in [0.1, 0.15) is 0 Å². The minimum atomic E-state index is -0.0406. The van der Waals surface area contributed by atoms with E-state index in [-0.39, 0.29) is 11.9 Å². The largest absolute Gasteiger partial charge is 0.325 e. The maximum atomic E-state index is 12.0. The highest BCUT2D eigenvalue weighted by Crippen LogP contribution is 2.16. The molecule has 1 aliphatic rings. The molecule has 1 N–H and O–H groups in total. The number of nitrogens with zero attached hydrogens (tertiary/aromatic N) is 1. The predicted octanol–water partition coefficient (Wildman–Crippen LogP) is 2.87. The zero-order chi connectivity index (χ0) is 12.3. The number of anilines is 1. The number of hydrogen-bond acceptors (Lipinski definition) is 2. The van der Waals surface area contributed by atoms with Crippen molar-refractivity contribution in [2.45, 2.75) is 25.8 Å². The minimum absolute atomic E-state index is 0.0406. The third kappa shape index (κ3) is 3.30. The zero-order valence-corrected chi connectivity index (χ0v) is 11.5. The summed E-state index contributed by atoms with van der Waals surface area (Å²) in [4.78, 5) is 14.3. The van der Waals surface area contributed by atoms with Gasteiger partial charge in [-0.2, -0.15) is 0 Å². The second kappa shape index (κ2) is 5.65. The molecule has 0 bridgehead atoms. The third-order valence-electron chi connectivity index (χ3n) is 3.18. The van der Waals surface area contributed by atoms with Crippen molar-refractivity contribution < 1.29 is 4.79 Å². The molecule has 0 radical (unpaired) electrons. The molecule has 17 heavy (non-hydrogen) atoms. The molecule has 92 valence electrons. The first-order valence-electron chi connectivity index (χ1n) is 5.97. The van der Waals surface area contributed by atoms with E-state index in [9.17, 15) is 4.79 Å². The molecule has 1 aromatic rings. The van der Waals surface area contributed by atoms with Crippen molar-refractivity contribution in [1.82, 2.24) is 4.90 Å². The van der Waals surface area contributed by atoms with E-state index >= 15 is 0 Å². The molecule has 1 heterocycles. The van der Waals surface area contributed by atoms with Gasteiger partial charge in [0.25, 0.3) is 0 Å². The summed E-state index contributed by atoms with van der Waals surface area (Å²) in [5, 5.41) is 2.94. The lowest BCUT2D eigenvalue weighted by atomic mass is 10.2. The number of likely N-dealkylation sites (tertiary alicyclic amines) is 1. The Hall–Kier alpha value is -0.870. The first kappa shape index (κ1) is 12.6. The monoisotopic (exact) mass is 296 g/mol.